The van der Waals surface area contributed by atoms with Crippen molar-refractivity contribution in [2.75, 3.05) is 7.05 Å². The lowest BCUT2D eigenvalue weighted by molar-refractivity contribution is 0.0334. The lowest BCUT2D eigenvalue weighted by Crippen LogP contribution is -2.42. The molecular weight excluding hydrogens is 208 g/mol. The Bertz CT molecular complexity index is 296. The molecule has 2 aliphatic carbocycles. The van der Waals surface area contributed by atoms with Crippen LogP contribution in [0, 0.1) is 5.41 Å². The Hall–Kier alpha value is -1.26. The molecule has 0 atom stereocenters. The number of carbonyl (C=O) groups is 1. The van der Waals surface area contributed by atoms with Gasteiger partial charge in [0.2, 0.25) is 0 Å². The molecule has 2 saturated carbocycles. The maximum absolute atomic E-state index is 11.0. The Kier molecular flexibility index (Phi) is 3.03. The number of hydrogen-bond acceptors (Lipinski definition) is 4. The first-order chi connectivity index (χ1) is 7.67. The summed E-state index contributed by atoms with van der Waals surface area (Å²) < 4.78 is 5.23. The van der Waals surface area contributed by atoms with Gasteiger partial charge in [-0.25, -0.2) is 4.79 Å². The molecule has 0 bridgehead atoms. The predicted octanol–water partition coefficient (Wildman–Crippen LogP) is 1.90. The molecule has 2 N–H and O–H groups in total. The van der Waals surface area contributed by atoms with Crippen molar-refractivity contribution in [3.63, 3.8) is 0 Å². The molecule has 2 fully saturated rings. The van der Waals surface area contributed by atoms with Crippen LogP contribution in [0.15, 0.2) is 5.16 Å². The summed E-state index contributed by atoms with van der Waals surface area (Å²) in [7, 11) is 1.57. The van der Waals surface area contributed by atoms with Crippen LogP contribution in [-0.2, 0) is 4.74 Å². The molecule has 0 aromatic rings. The molecule has 1 spiro atoms. The molecule has 0 aliphatic heterocycles. The van der Waals surface area contributed by atoms with Crippen molar-refractivity contribution in [3.05, 3.63) is 0 Å². The van der Waals surface area contributed by atoms with E-state index in [0.29, 0.717) is 5.41 Å². The molecule has 5 nitrogen and oxygen atoms in total. The number of hydrogen-bond donors (Lipinski definition) is 2. The fraction of sp³-hybridized carbons (Fsp3) is 0.818. The van der Waals surface area contributed by atoms with Gasteiger partial charge < -0.3 is 15.3 Å². The number of rotatable bonds is 1. The van der Waals surface area contributed by atoms with Gasteiger partial charge in [0, 0.05) is 7.05 Å². The predicted molar refractivity (Wildman–Crippen MR) is 58.7 cm³/mol. The van der Waals surface area contributed by atoms with Crippen LogP contribution in [0.2, 0.25) is 0 Å². The highest BCUT2D eigenvalue weighted by Crippen LogP contribution is 2.50. The van der Waals surface area contributed by atoms with Gasteiger partial charge in [0.25, 0.3) is 0 Å². The van der Waals surface area contributed by atoms with Crippen LogP contribution >= 0.6 is 0 Å². The van der Waals surface area contributed by atoms with Gasteiger partial charge in [-0.3, -0.25) is 0 Å². The highest BCUT2D eigenvalue weighted by atomic mass is 16.6. The monoisotopic (exact) mass is 226 g/mol. The Morgan fingerprint density at radius 2 is 2.12 bits per heavy atom. The standard InChI is InChI=1S/C11H18N2O3/c1-12-10(14)16-9-2-4-11(5-3-9)6-8(7-11)13-15/h9,15H,2-7H2,1H3,(H,12,14). The summed E-state index contributed by atoms with van der Waals surface area (Å²) in [6.45, 7) is 0. The first kappa shape index (κ1) is 11.2. The minimum Gasteiger partial charge on any atom is -0.446 e. The third-order valence-electron chi connectivity index (χ3n) is 3.77. The second-order valence-corrected chi connectivity index (χ2v) is 4.87. The Balaban J connectivity index is 1.77. The van der Waals surface area contributed by atoms with Crippen molar-refractivity contribution in [3.8, 4) is 0 Å². The van der Waals surface area contributed by atoms with Gasteiger partial charge in [-0.1, -0.05) is 5.16 Å². The van der Waals surface area contributed by atoms with Crippen molar-refractivity contribution >= 4 is 11.8 Å². The van der Waals surface area contributed by atoms with E-state index in [4.69, 9.17) is 9.94 Å². The van der Waals surface area contributed by atoms with Gasteiger partial charge in [-0.2, -0.15) is 0 Å². The third kappa shape index (κ3) is 2.13. The summed E-state index contributed by atoms with van der Waals surface area (Å²) in [5.41, 5.74) is 1.25. The van der Waals surface area contributed by atoms with E-state index in [0.717, 1.165) is 44.2 Å². The first-order valence-electron chi connectivity index (χ1n) is 5.76. The maximum Gasteiger partial charge on any atom is 0.407 e. The van der Waals surface area contributed by atoms with E-state index in [-0.39, 0.29) is 12.2 Å². The van der Waals surface area contributed by atoms with Gasteiger partial charge >= 0.3 is 6.09 Å². The SMILES string of the molecule is CNC(=O)OC1CCC2(CC1)CC(=NO)C2. The summed E-state index contributed by atoms with van der Waals surface area (Å²) in [4.78, 5) is 11.0. The largest absolute Gasteiger partial charge is 0.446 e. The van der Waals surface area contributed by atoms with Crippen LogP contribution in [0.25, 0.3) is 0 Å². The van der Waals surface area contributed by atoms with Crippen molar-refractivity contribution in [1.29, 1.82) is 0 Å². The number of amides is 1. The normalized spacial score (nSPS) is 33.1. The van der Waals surface area contributed by atoms with Crippen LogP contribution in [0.3, 0.4) is 0 Å². The maximum atomic E-state index is 11.0. The van der Waals surface area contributed by atoms with Gasteiger partial charge in [-0.05, 0) is 43.9 Å². The molecule has 1 amide bonds. The van der Waals surface area contributed by atoms with Crippen LogP contribution in [0.1, 0.15) is 38.5 Å². The summed E-state index contributed by atoms with van der Waals surface area (Å²) >= 11 is 0. The van der Waals surface area contributed by atoms with Crippen LogP contribution in [-0.4, -0.2) is 30.2 Å². The second kappa shape index (κ2) is 4.31. The summed E-state index contributed by atoms with van der Waals surface area (Å²) in [6.07, 6.45) is 5.51. The molecule has 2 aliphatic rings. The minimum atomic E-state index is -0.341. The van der Waals surface area contributed by atoms with Crippen molar-refractivity contribution in [2.24, 2.45) is 10.6 Å². The second-order valence-electron chi connectivity index (χ2n) is 4.87. The highest BCUT2D eigenvalue weighted by Gasteiger charge is 2.45. The lowest BCUT2D eigenvalue weighted by atomic mass is 9.59. The Labute approximate surface area is 94.8 Å². The first-order valence-corrected chi connectivity index (χ1v) is 5.76. The van der Waals surface area contributed by atoms with E-state index in [1.807, 2.05) is 0 Å². The minimum absolute atomic E-state index is 0.0562. The molecule has 5 heteroatoms. The van der Waals surface area contributed by atoms with Crippen molar-refractivity contribution in [1.82, 2.24) is 5.32 Å². The average Bonchev–Trinajstić information content (AvgIpc) is 2.27. The van der Waals surface area contributed by atoms with Crippen molar-refractivity contribution < 1.29 is 14.7 Å². The molecule has 2 rings (SSSR count). The van der Waals surface area contributed by atoms with E-state index in [1.165, 1.54) is 0 Å². The number of ether oxygens (including phenoxy) is 1. The quantitative estimate of drug-likeness (QED) is 0.530. The zero-order chi connectivity index (χ0) is 11.6. The molecule has 0 saturated heterocycles. The Morgan fingerprint density at radius 3 is 2.62 bits per heavy atom. The van der Waals surface area contributed by atoms with Gasteiger partial charge in [0.1, 0.15) is 6.10 Å². The molecule has 0 unspecified atom stereocenters. The van der Waals surface area contributed by atoms with E-state index < -0.39 is 0 Å². The number of carbonyl (C=O) groups excluding carboxylic acids is 1. The lowest BCUT2D eigenvalue weighted by Gasteiger charge is -2.46. The molecule has 16 heavy (non-hydrogen) atoms. The molecule has 0 radical (unpaired) electrons. The number of oxime groups is 1. The fourth-order valence-corrected chi connectivity index (χ4v) is 2.77. The molecule has 0 aromatic carbocycles. The van der Waals surface area contributed by atoms with Gasteiger partial charge in [0.15, 0.2) is 0 Å². The highest BCUT2D eigenvalue weighted by molar-refractivity contribution is 5.91. The summed E-state index contributed by atoms with van der Waals surface area (Å²) in [5.74, 6) is 0. The molecule has 90 valence electrons. The van der Waals surface area contributed by atoms with Gasteiger partial charge in [-0.15, -0.1) is 0 Å². The van der Waals surface area contributed by atoms with Gasteiger partial charge in [0.05, 0.1) is 5.71 Å². The van der Waals surface area contributed by atoms with E-state index in [1.54, 1.807) is 7.05 Å². The smallest absolute Gasteiger partial charge is 0.407 e. The molecule has 0 aromatic heterocycles. The van der Waals surface area contributed by atoms with Crippen LogP contribution in [0.5, 0.6) is 0 Å². The van der Waals surface area contributed by atoms with E-state index in [2.05, 4.69) is 10.5 Å². The number of nitrogens with one attached hydrogen (secondary N) is 1. The van der Waals surface area contributed by atoms with Crippen LogP contribution < -0.4 is 5.32 Å². The summed E-state index contributed by atoms with van der Waals surface area (Å²) in [5, 5.41) is 14.3. The fourth-order valence-electron chi connectivity index (χ4n) is 2.77. The van der Waals surface area contributed by atoms with Crippen LogP contribution in [0.4, 0.5) is 4.79 Å². The van der Waals surface area contributed by atoms with E-state index in [9.17, 15) is 4.79 Å². The van der Waals surface area contributed by atoms with E-state index >= 15 is 0 Å². The topological polar surface area (TPSA) is 70.9 Å². The van der Waals surface area contributed by atoms with Crippen molar-refractivity contribution in [2.45, 2.75) is 44.6 Å². The number of nitrogens with zero attached hydrogens (tertiary/aromatic N) is 1. The number of alkyl carbamates (subject to hydrolysis) is 1. The molecule has 0 heterocycles. The third-order valence-corrected chi connectivity index (χ3v) is 3.77. The summed E-state index contributed by atoms with van der Waals surface area (Å²) in [6, 6.07) is 0. The Morgan fingerprint density at radius 1 is 1.50 bits per heavy atom. The zero-order valence-corrected chi connectivity index (χ0v) is 9.53. The zero-order valence-electron chi connectivity index (χ0n) is 9.53. The average molecular weight is 226 g/mol. The molecular formula is C11H18N2O3.